The van der Waals surface area contributed by atoms with E-state index in [0.717, 1.165) is 18.7 Å². The Morgan fingerprint density at radius 3 is 2.82 bits per heavy atom. The summed E-state index contributed by atoms with van der Waals surface area (Å²) >= 11 is 6.11. The van der Waals surface area contributed by atoms with E-state index in [1.165, 1.54) is 0 Å². The number of aromatic nitrogens is 4. The van der Waals surface area contributed by atoms with Crippen LogP contribution in [0.25, 0.3) is 11.2 Å². The number of aryl methyl sites for hydroxylation is 1. The van der Waals surface area contributed by atoms with E-state index in [4.69, 9.17) is 16.3 Å². The summed E-state index contributed by atoms with van der Waals surface area (Å²) in [6.07, 6.45) is 1.69. The van der Waals surface area contributed by atoms with Crippen LogP contribution in [0, 0.1) is 0 Å². The van der Waals surface area contributed by atoms with Crippen LogP contribution in [-0.4, -0.2) is 45.8 Å². The molecule has 3 heterocycles. The second-order valence-electron chi connectivity index (χ2n) is 3.94. The molecule has 1 aliphatic heterocycles. The lowest BCUT2D eigenvalue weighted by Crippen LogP contribution is -2.37. The predicted molar refractivity (Wildman–Crippen MR) is 64.3 cm³/mol. The minimum Gasteiger partial charge on any atom is -0.378 e. The molecule has 2 aromatic rings. The molecular weight excluding hydrogens is 242 g/mol. The van der Waals surface area contributed by atoms with Gasteiger partial charge in [-0.25, -0.2) is 4.98 Å². The molecule has 2 aromatic heterocycles. The number of hydrogen-bond donors (Lipinski definition) is 0. The molecule has 90 valence electrons. The van der Waals surface area contributed by atoms with Gasteiger partial charge in [0, 0.05) is 20.1 Å². The van der Waals surface area contributed by atoms with Gasteiger partial charge in [0.2, 0.25) is 5.95 Å². The Kier molecular flexibility index (Phi) is 2.60. The number of halogens is 1. The first-order chi connectivity index (χ1) is 8.25. The van der Waals surface area contributed by atoms with Crippen molar-refractivity contribution >= 4 is 28.7 Å². The molecule has 7 heteroatoms. The molecule has 0 N–H and O–H groups in total. The number of anilines is 1. The Bertz CT molecular complexity index is 549. The molecule has 0 bridgehead atoms. The van der Waals surface area contributed by atoms with Crippen LogP contribution in [0.1, 0.15) is 0 Å². The molecule has 0 radical (unpaired) electrons. The van der Waals surface area contributed by atoms with Crippen molar-refractivity contribution in [1.82, 2.24) is 19.5 Å². The second kappa shape index (κ2) is 4.12. The van der Waals surface area contributed by atoms with Gasteiger partial charge < -0.3 is 14.2 Å². The quantitative estimate of drug-likeness (QED) is 0.706. The van der Waals surface area contributed by atoms with Crippen LogP contribution in [0.5, 0.6) is 0 Å². The minimum absolute atomic E-state index is 0.400. The molecule has 0 spiro atoms. The van der Waals surface area contributed by atoms with Gasteiger partial charge in [-0.2, -0.15) is 9.97 Å². The smallest absolute Gasteiger partial charge is 0.229 e. The van der Waals surface area contributed by atoms with Gasteiger partial charge in [-0.05, 0) is 0 Å². The second-order valence-corrected chi connectivity index (χ2v) is 4.30. The van der Waals surface area contributed by atoms with Crippen LogP contribution < -0.4 is 4.90 Å². The van der Waals surface area contributed by atoms with Crippen molar-refractivity contribution in [3.8, 4) is 0 Å². The van der Waals surface area contributed by atoms with Crippen LogP contribution in [0.4, 0.5) is 5.95 Å². The fraction of sp³-hybridized carbons (Fsp3) is 0.500. The number of imidazole rings is 1. The Balaban J connectivity index is 2.07. The third-order valence-corrected chi connectivity index (χ3v) is 3.06. The van der Waals surface area contributed by atoms with E-state index in [9.17, 15) is 0 Å². The topological polar surface area (TPSA) is 56.1 Å². The molecule has 0 saturated carbocycles. The standard InChI is InChI=1S/C10H12ClN5O/c1-15-6-12-7-8(11)13-10(14-9(7)15)16-2-4-17-5-3-16/h6H,2-5H2,1H3. The molecule has 1 saturated heterocycles. The summed E-state index contributed by atoms with van der Waals surface area (Å²) in [5.41, 5.74) is 1.40. The third kappa shape index (κ3) is 1.83. The van der Waals surface area contributed by atoms with Crippen molar-refractivity contribution in [3.63, 3.8) is 0 Å². The first-order valence-electron chi connectivity index (χ1n) is 5.43. The highest BCUT2D eigenvalue weighted by atomic mass is 35.5. The van der Waals surface area contributed by atoms with Gasteiger partial charge in [-0.15, -0.1) is 0 Å². The molecule has 6 nitrogen and oxygen atoms in total. The molecule has 0 amide bonds. The van der Waals surface area contributed by atoms with Gasteiger partial charge in [0.05, 0.1) is 19.5 Å². The molecule has 0 atom stereocenters. The zero-order valence-electron chi connectivity index (χ0n) is 9.43. The van der Waals surface area contributed by atoms with Gasteiger partial charge in [0.1, 0.15) is 5.52 Å². The third-order valence-electron chi connectivity index (χ3n) is 2.80. The maximum atomic E-state index is 6.11. The van der Waals surface area contributed by atoms with E-state index in [-0.39, 0.29) is 0 Å². The average molecular weight is 254 g/mol. The molecular formula is C10H12ClN5O. The molecule has 1 aliphatic rings. The Morgan fingerprint density at radius 1 is 1.29 bits per heavy atom. The van der Waals surface area contributed by atoms with Gasteiger partial charge in [0.15, 0.2) is 10.8 Å². The number of fused-ring (bicyclic) bond motifs is 1. The highest BCUT2D eigenvalue weighted by Gasteiger charge is 2.17. The Hall–Kier alpha value is -1.40. The summed E-state index contributed by atoms with van der Waals surface area (Å²) in [6, 6.07) is 0. The molecule has 0 aliphatic carbocycles. The summed E-state index contributed by atoms with van der Waals surface area (Å²) < 4.78 is 7.14. The molecule has 17 heavy (non-hydrogen) atoms. The maximum Gasteiger partial charge on any atom is 0.229 e. The van der Waals surface area contributed by atoms with Crippen molar-refractivity contribution in [3.05, 3.63) is 11.5 Å². The molecule has 1 fully saturated rings. The molecule has 0 unspecified atom stereocenters. The fourth-order valence-electron chi connectivity index (χ4n) is 1.87. The molecule has 0 aromatic carbocycles. The van der Waals surface area contributed by atoms with Gasteiger partial charge in [0.25, 0.3) is 0 Å². The highest BCUT2D eigenvalue weighted by molar-refractivity contribution is 6.33. The van der Waals surface area contributed by atoms with E-state index in [0.29, 0.717) is 29.8 Å². The lowest BCUT2D eigenvalue weighted by atomic mass is 10.4. The minimum atomic E-state index is 0.400. The zero-order valence-corrected chi connectivity index (χ0v) is 10.2. The van der Waals surface area contributed by atoms with Crippen LogP contribution >= 0.6 is 11.6 Å². The highest BCUT2D eigenvalue weighted by Crippen LogP contribution is 2.22. The van der Waals surface area contributed by atoms with Crippen LogP contribution in [0.3, 0.4) is 0 Å². The summed E-state index contributed by atoms with van der Waals surface area (Å²) in [5.74, 6) is 0.648. The summed E-state index contributed by atoms with van der Waals surface area (Å²) in [4.78, 5) is 15.0. The van der Waals surface area contributed by atoms with Gasteiger partial charge >= 0.3 is 0 Å². The van der Waals surface area contributed by atoms with Crippen molar-refractivity contribution < 1.29 is 4.74 Å². The lowest BCUT2D eigenvalue weighted by Gasteiger charge is -2.26. The van der Waals surface area contributed by atoms with Crippen molar-refractivity contribution in [2.45, 2.75) is 0 Å². The number of morpholine rings is 1. The van der Waals surface area contributed by atoms with E-state index >= 15 is 0 Å². The maximum absolute atomic E-state index is 6.11. The largest absolute Gasteiger partial charge is 0.378 e. The summed E-state index contributed by atoms with van der Waals surface area (Å²) in [7, 11) is 1.89. The van der Waals surface area contributed by atoms with Crippen molar-refractivity contribution in [2.75, 3.05) is 31.2 Å². The van der Waals surface area contributed by atoms with Gasteiger partial charge in [-0.3, -0.25) is 0 Å². The summed E-state index contributed by atoms with van der Waals surface area (Å²) in [5, 5.41) is 0.400. The van der Waals surface area contributed by atoms with E-state index < -0.39 is 0 Å². The first kappa shape index (κ1) is 10.7. The van der Waals surface area contributed by atoms with E-state index in [1.807, 2.05) is 11.6 Å². The molecule has 3 rings (SSSR count). The van der Waals surface area contributed by atoms with E-state index in [2.05, 4.69) is 19.9 Å². The van der Waals surface area contributed by atoms with E-state index in [1.54, 1.807) is 6.33 Å². The number of hydrogen-bond acceptors (Lipinski definition) is 5. The monoisotopic (exact) mass is 253 g/mol. The number of rotatable bonds is 1. The lowest BCUT2D eigenvalue weighted by molar-refractivity contribution is 0.122. The van der Waals surface area contributed by atoms with Crippen molar-refractivity contribution in [2.24, 2.45) is 7.05 Å². The van der Waals surface area contributed by atoms with Crippen molar-refractivity contribution in [1.29, 1.82) is 0 Å². The predicted octanol–water partition coefficient (Wildman–Crippen LogP) is 0.853. The van der Waals surface area contributed by atoms with Crippen LogP contribution in [0.2, 0.25) is 5.15 Å². The van der Waals surface area contributed by atoms with Gasteiger partial charge in [-0.1, -0.05) is 11.6 Å². The number of nitrogens with zero attached hydrogens (tertiary/aromatic N) is 5. The Labute approximate surface area is 103 Å². The first-order valence-corrected chi connectivity index (χ1v) is 5.81. The fourth-order valence-corrected chi connectivity index (χ4v) is 2.08. The SMILES string of the molecule is Cn1cnc2c(Cl)nc(N3CCOCC3)nc21. The average Bonchev–Trinajstić information content (AvgIpc) is 2.73. The Morgan fingerprint density at radius 2 is 2.06 bits per heavy atom. The normalized spacial score (nSPS) is 16.7. The van der Waals surface area contributed by atoms with Crippen LogP contribution in [-0.2, 0) is 11.8 Å². The number of ether oxygens (including phenoxy) is 1. The summed E-state index contributed by atoms with van der Waals surface area (Å²) in [6.45, 7) is 2.98. The van der Waals surface area contributed by atoms with Crippen LogP contribution in [0.15, 0.2) is 6.33 Å². The zero-order chi connectivity index (χ0) is 11.8.